The Labute approximate surface area is 98.5 Å². The van der Waals surface area contributed by atoms with E-state index >= 15 is 0 Å². The van der Waals surface area contributed by atoms with Crippen LogP contribution in [0.25, 0.3) is 0 Å². The summed E-state index contributed by atoms with van der Waals surface area (Å²) in [6.45, 7) is 8.59. The van der Waals surface area contributed by atoms with Gasteiger partial charge in [0, 0.05) is 0 Å². The highest BCUT2D eigenvalue weighted by Gasteiger charge is 2.07. The first-order valence-electron chi connectivity index (χ1n) is 5.72. The Balaban J connectivity index is 2.52. The highest BCUT2D eigenvalue weighted by Crippen LogP contribution is 2.13. The SMILES string of the molecule is C=C/C=C(\C)C(CC)OCc1ccccc1. The Morgan fingerprint density at radius 2 is 2.06 bits per heavy atom. The lowest BCUT2D eigenvalue weighted by molar-refractivity contribution is 0.0621. The maximum Gasteiger partial charge on any atom is 0.0787 e. The zero-order valence-electron chi connectivity index (χ0n) is 10.1. The molecule has 1 aromatic rings. The quantitative estimate of drug-likeness (QED) is 0.650. The molecule has 0 fully saturated rings. The lowest BCUT2D eigenvalue weighted by atomic mass is 10.1. The number of ether oxygens (including phenoxy) is 1. The van der Waals surface area contributed by atoms with Crippen LogP contribution in [0.1, 0.15) is 25.8 Å². The molecule has 0 amide bonds. The summed E-state index contributed by atoms with van der Waals surface area (Å²) in [5, 5.41) is 0. The lowest BCUT2D eigenvalue weighted by Crippen LogP contribution is -2.13. The van der Waals surface area contributed by atoms with Gasteiger partial charge in [0.15, 0.2) is 0 Å². The van der Waals surface area contributed by atoms with Gasteiger partial charge in [-0.25, -0.2) is 0 Å². The van der Waals surface area contributed by atoms with Crippen molar-refractivity contribution in [2.24, 2.45) is 0 Å². The first kappa shape index (κ1) is 12.7. The molecule has 0 aliphatic heterocycles. The van der Waals surface area contributed by atoms with Gasteiger partial charge in [-0.05, 0) is 24.5 Å². The van der Waals surface area contributed by atoms with Crippen LogP contribution in [0.3, 0.4) is 0 Å². The molecule has 0 heterocycles. The van der Waals surface area contributed by atoms with Crippen LogP contribution in [0.5, 0.6) is 0 Å². The number of benzene rings is 1. The Morgan fingerprint density at radius 3 is 2.62 bits per heavy atom. The van der Waals surface area contributed by atoms with E-state index < -0.39 is 0 Å². The standard InChI is InChI=1S/C15H20O/c1-4-9-13(3)15(5-2)16-12-14-10-7-6-8-11-14/h4,6-11,15H,1,5,12H2,2-3H3/b13-9+. The van der Waals surface area contributed by atoms with Gasteiger partial charge >= 0.3 is 0 Å². The van der Waals surface area contributed by atoms with E-state index in [2.05, 4.69) is 32.6 Å². The molecule has 1 rings (SSSR count). The maximum atomic E-state index is 5.88. The van der Waals surface area contributed by atoms with Crippen molar-refractivity contribution in [1.29, 1.82) is 0 Å². The van der Waals surface area contributed by atoms with Crippen molar-refractivity contribution in [2.45, 2.75) is 33.0 Å². The van der Waals surface area contributed by atoms with Crippen LogP contribution < -0.4 is 0 Å². The molecular formula is C15H20O. The minimum Gasteiger partial charge on any atom is -0.369 e. The average Bonchev–Trinajstić information content (AvgIpc) is 2.31. The second-order valence-electron chi connectivity index (χ2n) is 3.84. The number of hydrogen-bond donors (Lipinski definition) is 0. The average molecular weight is 216 g/mol. The van der Waals surface area contributed by atoms with Crippen molar-refractivity contribution in [3.8, 4) is 0 Å². The predicted molar refractivity (Wildman–Crippen MR) is 69.3 cm³/mol. The molecule has 0 bridgehead atoms. The van der Waals surface area contributed by atoms with Gasteiger partial charge in [0.2, 0.25) is 0 Å². The third-order valence-electron chi connectivity index (χ3n) is 2.55. The molecule has 0 aromatic heterocycles. The van der Waals surface area contributed by atoms with Gasteiger partial charge < -0.3 is 4.74 Å². The third-order valence-corrected chi connectivity index (χ3v) is 2.55. The van der Waals surface area contributed by atoms with Gasteiger partial charge in [-0.3, -0.25) is 0 Å². The Kier molecular flexibility index (Phi) is 5.58. The molecule has 0 aliphatic carbocycles. The fourth-order valence-corrected chi connectivity index (χ4v) is 1.64. The van der Waals surface area contributed by atoms with E-state index in [1.165, 1.54) is 11.1 Å². The molecule has 1 atom stereocenters. The molecule has 1 heteroatoms. The molecular weight excluding hydrogens is 196 g/mol. The van der Waals surface area contributed by atoms with Crippen LogP contribution >= 0.6 is 0 Å². The molecule has 0 saturated carbocycles. The van der Waals surface area contributed by atoms with Crippen LogP contribution in [-0.4, -0.2) is 6.10 Å². The second kappa shape index (κ2) is 7.02. The maximum absolute atomic E-state index is 5.88. The van der Waals surface area contributed by atoms with E-state index in [9.17, 15) is 0 Å². The number of allylic oxidation sites excluding steroid dienone is 2. The van der Waals surface area contributed by atoms with Gasteiger partial charge in [-0.15, -0.1) is 0 Å². The van der Waals surface area contributed by atoms with E-state index in [0.29, 0.717) is 6.61 Å². The van der Waals surface area contributed by atoms with Gasteiger partial charge in [-0.1, -0.05) is 56.0 Å². The second-order valence-corrected chi connectivity index (χ2v) is 3.84. The van der Waals surface area contributed by atoms with Gasteiger partial charge in [0.05, 0.1) is 12.7 Å². The fraction of sp³-hybridized carbons (Fsp3) is 0.333. The van der Waals surface area contributed by atoms with Crippen molar-refractivity contribution in [3.63, 3.8) is 0 Å². The van der Waals surface area contributed by atoms with Gasteiger partial charge in [0.1, 0.15) is 0 Å². The van der Waals surface area contributed by atoms with Crippen LogP contribution in [-0.2, 0) is 11.3 Å². The van der Waals surface area contributed by atoms with E-state index in [1.54, 1.807) is 0 Å². The van der Waals surface area contributed by atoms with Crippen LogP contribution in [0.2, 0.25) is 0 Å². The molecule has 1 aromatic carbocycles. The smallest absolute Gasteiger partial charge is 0.0787 e. The third kappa shape index (κ3) is 4.03. The molecule has 16 heavy (non-hydrogen) atoms. The van der Waals surface area contributed by atoms with Gasteiger partial charge in [-0.2, -0.15) is 0 Å². The predicted octanol–water partition coefficient (Wildman–Crippen LogP) is 4.11. The fourth-order valence-electron chi connectivity index (χ4n) is 1.64. The molecule has 0 N–H and O–H groups in total. The molecule has 0 saturated heterocycles. The van der Waals surface area contributed by atoms with E-state index in [4.69, 9.17) is 4.74 Å². The Hall–Kier alpha value is -1.34. The van der Waals surface area contributed by atoms with Crippen molar-refractivity contribution >= 4 is 0 Å². The first-order valence-corrected chi connectivity index (χ1v) is 5.72. The van der Waals surface area contributed by atoms with Crippen molar-refractivity contribution in [1.82, 2.24) is 0 Å². The van der Waals surface area contributed by atoms with E-state index in [-0.39, 0.29) is 6.10 Å². The summed E-state index contributed by atoms with van der Waals surface area (Å²) >= 11 is 0. The lowest BCUT2D eigenvalue weighted by Gasteiger charge is -2.16. The topological polar surface area (TPSA) is 9.23 Å². The minimum atomic E-state index is 0.193. The van der Waals surface area contributed by atoms with Crippen molar-refractivity contribution in [2.75, 3.05) is 0 Å². The molecule has 86 valence electrons. The molecule has 1 unspecified atom stereocenters. The summed E-state index contributed by atoms with van der Waals surface area (Å²) in [7, 11) is 0. The highest BCUT2D eigenvalue weighted by molar-refractivity contribution is 5.15. The largest absolute Gasteiger partial charge is 0.369 e. The van der Waals surface area contributed by atoms with E-state index in [0.717, 1.165) is 6.42 Å². The zero-order valence-corrected chi connectivity index (χ0v) is 10.1. The van der Waals surface area contributed by atoms with Crippen LogP contribution in [0, 0.1) is 0 Å². The van der Waals surface area contributed by atoms with Crippen molar-refractivity contribution in [3.05, 3.63) is 60.2 Å². The number of hydrogen-bond acceptors (Lipinski definition) is 1. The monoisotopic (exact) mass is 216 g/mol. The summed E-state index contributed by atoms with van der Waals surface area (Å²) in [6, 6.07) is 10.3. The molecule has 0 radical (unpaired) electrons. The summed E-state index contributed by atoms with van der Waals surface area (Å²) in [5.74, 6) is 0. The van der Waals surface area contributed by atoms with Crippen LogP contribution in [0.4, 0.5) is 0 Å². The Bertz CT molecular complexity index is 338. The summed E-state index contributed by atoms with van der Waals surface area (Å²) < 4.78 is 5.88. The summed E-state index contributed by atoms with van der Waals surface area (Å²) in [4.78, 5) is 0. The van der Waals surface area contributed by atoms with Gasteiger partial charge in [0.25, 0.3) is 0 Å². The normalized spacial score (nSPS) is 13.5. The Morgan fingerprint density at radius 1 is 1.38 bits per heavy atom. The first-order chi connectivity index (χ1) is 7.77. The highest BCUT2D eigenvalue weighted by atomic mass is 16.5. The number of rotatable bonds is 6. The molecule has 0 spiro atoms. The van der Waals surface area contributed by atoms with E-state index in [1.807, 2.05) is 30.4 Å². The minimum absolute atomic E-state index is 0.193. The summed E-state index contributed by atoms with van der Waals surface area (Å²) in [6.07, 6.45) is 5.00. The molecule has 1 nitrogen and oxygen atoms in total. The van der Waals surface area contributed by atoms with Crippen LogP contribution in [0.15, 0.2) is 54.6 Å². The summed E-state index contributed by atoms with van der Waals surface area (Å²) in [5.41, 5.74) is 2.45. The van der Waals surface area contributed by atoms with Crippen molar-refractivity contribution < 1.29 is 4.74 Å². The zero-order chi connectivity index (χ0) is 11.8. The molecule has 0 aliphatic rings.